The molecule has 0 amide bonds. The van der Waals surface area contributed by atoms with Crippen LogP contribution in [0.25, 0.3) is 0 Å². The van der Waals surface area contributed by atoms with Gasteiger partial charge in [0.05, 0.1) is 11.5 Å². The fraction of sp³-hybridized carbons (Fsp3) is 0.556. The maximum Gasteiger partial charge on any atom is 0.307 e. The summed E-state index contributed by atoms with van der Waals surface area (Å²) >= 11 is 0. The molecule has 4 aliphatic rings. The minimum absolute atomic E-state index is 0.179. The Hall–Kier alpha value is -3.00. The molecular formula is C27H35N5O3. The average Bonchev–Trinajstić information content (AvgIpc) is 2.79. The molecule has 2 atom stereocenters. The van der Waals surface area contributed by atoms with Crippen molar-refractivity contribution in [2.45, 2.75) is 64.4 Å². The van der Waals surface area contributed by atoms with E-state index in [1.165, 1.54) is 17.3 Å². The van der Waals surface area contributed by atoms with Crippen molar-refractivity contribution in [2.24, 2.45) is 17.8 Å². The summed E-state index contributed by atoms with van der Waals surface area (Å²) in [5, 5.41) is 31.2. The van der Waals surface area contributed by atoms with Crippen molar-refractivity contribution in [1.29, 1.82) is 5.41 Å². The third kappa shape index (κ3) is 4.63. The fourth-order valence-electron chi connectivity index (χ4n) is 6.36. The molecule has 8 heteroatoms. The number of aromatic nitrogens is 2. The first-order chi connectivity index (χ1) is 16.6. The van der Waals surface area contributed by atoms with Gasteiger partial charge in [-0.25, -0.2) is 9.97 Å². The van der Waals surface area contributed by atoms with E-state index in [1.807, 2.05) is 19.9 Å². The number of hydrogen-bond acceptors (Lipinski definition) is 7. The molecule has 2 aromatic rings. The Morgan fingerprint density at radius 2 is 1.86 bits per heavy atom. The van der Waals surface area contributed by atoms with E-state index < -0.39 is 11.6 Å². The number of aliphatic carboxylic acids is 1. The summed E-state index contributed by atoms with van der Waals surface area (Å²) in [5.74, 6) is 1.98. The molecule has 186 valence electrons. The first-order valence-corrected chi connectivity index (χ1v) is 12.6. The van der Waals surface area contributed by atoms with Crippen LogP contribution in [0.4, 0.5) is 17.3 Å². The molecule has 2 unspecified atom stereocenters. The number of carboxylic acids is 1. The lowest BCUT2D eigenvalue weighted by Gasteiger charge is -2.52. The molecular weight excluding hydrogens is 442 g/mol. The molecule has 4 N–H and O–H groups in total. The van der Waals surface area contributed by atoms with E-state index in [2.05, 4.69) is 39.2 Å². The highest BCUT2D eigenvalue weighted by atomic mass is 16.4. The van der Waals surface area contributed by atoms with E-state index in [4.69, 9.17) is 5.41 Å². The molecule has 3 heterocycles. The number of piperidine rings is 2. The second kappa shape index (κ2) is 8.90. The molecule has 2 saturated carbocycles. The van der Waals surface area contributed by atoms with Crippen LogP contribution in [-0.4, -0.2) is 51.1 Å². The Morgan fingerprint density at radius 1 is 1.17 bits per heavy atom. The third-order valence-corrected chi connectivity index (χ3v) is 8.32. The SMILES string of the molecule is Cc1nc(Nc2cc(C3CCC(C)(O)CC3)c(C)cc2C=N)cc(N2CC3CC(C2)C3C(=O)O)n1. The number of nitrogens with zero attached hydrogens (tertiary/aromatic N) is 3. The van der Waals surface area contributed by atoms with Crippen LogP contribution in [0.15, 0.2) is 18.2 Å². The fourth-order valence-corrected chi connectivity index (χ4v) is 6.36. The lowest BCUT2D eigenvalue weighted by atomic mass is 9.61. The van der Waals surface area contributed by atoms with E-state index in [9.17, 15) is 15.0 Å². The van der Waals surface area contributed by atoms with E-state index in [1.54, 1.807) is 0 Å². The number of nitrogens with one attached hydrogen (secondary N) is 2. The Kier molecular flexibility index (Phi) is 6.03. The first kappa shape index (κ1) is 23.7. The van der Waals surface area contributed by atoms with E-state index in [0.717, 1.165) is 49.2 Å². The third-order valence-electron chi connectivity index (χ3n) is 8.32. The van der Waals surface area contributed by atoms with Crippen molar-refractivity contribution >= 4 is 29.5 Å². The number of carbonyl (C=O) groups is 1. The largest absolute Gasteiger partial charge is 0.481 e. The van der Waals surface area contributed by atoms with Crippen LogP contribution in [0.2, 0.25) is 0 Å². The van der Waals surface area contributed by atoms with Gasteiger partial charge in [0.15, 0.2) is 0 Å². The molecule has 0 radical (unpaired) electrons. The molecule has 35 heavy (non-hydrogen) atoms. The van der Waals surface area contributed by atoms with Gasteiger partial charge in [-0.05, 0) is 93.9 Å². The lowest BCUT2D eigenvalue weighted by Crippen LogP contribution is -2.58. The lowest BCUT2D eigenvalue weighted by molar-refractivity contribution is -0.153. The molecule has 0 spiro atoms. The Balaban J connectivity index is 1.39. The van der Waals surface area contributed by atoms with E-state index in [-0.39, 0.29) is 17.8 Å². The standard InChI is InChI=1S/C27H35N5O3/c1-15-8-18(12-28)22(10-21(15)17-4-6-27(3,35)7-5-17)31-23-11-24(30-16(2)29-23)32-13-19-9-20(14-32)25(19)26(33)34/h8,10-12,17,19-20,25,28,35H,4-7,9,13-14H2,1-3H3,(H,33,34)(H,29,30,31). The number of fused-ring (bicyclic) bond motifs is 2. The predicted octanol–water partition coefficient (Wildman–Crippen LogP) is 4.40. The highest BCUT2D eigenvalue weighted by Crippen LogP contribution is 2.46. The number of carboxylic acid groups (broad SMARTS) is 1. The molecule has 2 aliphatic heterocycles. The van der Waals surface area contributed by atoms with Crippen LogP contribution in [0.5, 0.6) is 0 Å². The normalized spacial score (nSPS) is 29.9. The predicted molar refractivity (Wildman–Crippen MR) is 136 cm³/mol. The van der Waals surface area contributed by atoms with Gasteiger partial charge in [-0.2, -0.15) is 0 Å². The molecule has 4 fully saturated rings. The molecule has 2 aliphatic carbocycles. The zero-order chi connectivity index (χ0) is 24.9. The van der Waals surface area contributed by atoms with Gasteiger partial charge in [0.1, 0.15) is 17.5 Å². The first-order valence-electron chi connectivity index (χ1n) is 12.6. The average molecular weight is 478 g/mol. The van der Waals surface area contributed by atoms with Gasteiger partial charge in [-0.15, -0.1) is 0 Å². The Labute approximate surface area is 206 Å². The molecule has 2 bridgehead atoms. The van der Waals surface area contributed by atoms with Crippen molar-refractivity contribution in [3.63, 3.8) is 0 Å². The van der Waals surface area contributed by atoms with Crippen LogP contribution >= 0.6 is 0 Å². The van der Waals surface area contributed by atoms with Crippen LogP contribution in [0.3, 0.4) is 0 Å². The summed E-state index contributed by atoms with van der Waals surface area (Å²) in [6.07, 6.45) is 5.83. The summed E-state index contributed by atoms with van der Waals surface area (Å²) in [5.41, 5.74) is 3.50. The summed E-state index contributed by atoms with van der Waals surface area (Å²) in [4.78, 5) is 23.0. The second-order valence-corrected chi connectivity index (χ2v) is 11.0. The second-order valence-electron chi connectivity index (χ2n) is 11.0. The highest BCUT2D eigenvalue weighted by Gasteiger charge is 2.50. The van der Waals surface area contributed by atoms with Crippen molar-refractivity contribution < 1.29 is 15.0 Å². The summed E-state index contributed by atoms with van der Waals surface area (Å²) in [6, 6.07) is 6.13. The van der Waals surface area contributed by atoms with E-state index in [0.29, 0.717) is 30.6 Å². The number of benzene rings is 1. The van der Waals surface area contributed by atoms with Crippen LogP contribution in [0.1, 0.15) is 67.5 Å². The van der Waals surface area contributed by atoms with Crippen molar-refractivity contribution in [3.05, 3.63) is 40.7 Å². The number of hydrogen-bond donors (Lipinski definition) is 4. The quantitative estimate of drug-likeness (QED) is 0.455. The van der Waals surface area contributed by atoms with Crippen molar-refractivity contribution in [1.82, 2.24) is 9.97 Å². The van der Waals surface area contributed by atoms with Gasteiger partial charge in [0, 0.05) is 36.6 Å². The zero-order valence-corrected chi connectivity index (χ0v) is 20.7. The van der Waals surface area contributed by atoms with Gasteiger partial charge < -0.3 is 25.8 Å². The van der Waals surface area contributed by atoms with Gasteiger partial charge in [0.2, 0.25) is 0 Å². The maximum absolute atomic E-state index is 11.5. The zero-order valence-electron chi connectivity index (χ0n) is 20.7. The van der Waals surface area contributed by atoms with Crippen molar-refractivity contribution in [3.8, 4) is 0 Å². The topological polar surface area (TPSA) is 122 Å². The Bertz CT molecular complexity index is 1140. The van der Waals surface area contributed by atoms with Crippen LogP contribution in [0, 0.1) is 37.0 Å². The summed E-state index contributed by atoms with van der Waals surface area (Å²) in [6.45, 7) is 7.29. The Morgan fingerprint density at radius 3 is 2.49 bits per heavy atom. The van der Waals surface area contributed by atoms with Crippen LogP contribution < -0.4 is 10.2 Å². The molecule has 1 aromatic carbocycles. The minimum atomic E-state index is -0.678. The molecule has 2 saturated heterocycles. The van der Waals surface area contributed by atoms with Gasteiger partial charge >= 0.3 is 5.97 Å². The maximum atomic E-state index is 11.5. The summed E-state index contributed by atoms with van der Waals surface area (Å²) in [7, 11) is 0. The summed E-state index contributed by atoms with van der Waals surface area (Å²) < 4.78 is 0. The van der Waals surface area contributed by atoms with Gasteiger partial charge in [-0.1, -0.05) is 0 Å². The monoisotopic (exact) mass is 477 g/mol. The van der Waals surface area contributed by atoms with Crippen molar-refractivity contribution in [2.75, 3.05) is 23.3 Å². The highest BCUT2D eigenvalue weighted by molar-refractivity contribution is 5.88. The number of aryl methyl sites for hydroxylation is 2. The number of rotatable bonds is 6. The van der Waals surface area contributed by atoms with Crippen LogP contribution in [-0.2, 0) is 4.79 Å². The van der Waals surface area contributed by atoms with E-state index >= 15 is 0 Å². The van der Waals surface area contributed by atoms with Gasteiger partial charge in [-0.3, -0.25) is 4.79 Å². The number of anilines is 3. The molecule has 8 nitrogen and oxygen atoms in total. The minimum Gasteiger partial charge on any atom is -0.481 e. The van der Waals surface area contributed by atoms with Gasteiger partial charge in [0.25, 0.3) is 0 Å². The molecule has 1 aromatic heterocycles. The smallest absolute Gasteiger partial charge is 0.307 e. The molecule has 6 rings (SSSR count). The number of aliphatic hydroxyl groups is 1.